The molecule has 134 valence electrons. The smallest absolute Gasteiger partial charge is 0.234 e. The number of nitrogens with zero attached hydrogens (tertiary/aromatic N) is 2. The van der Waals surface area contributed by atoms with Crippen molar-refractivity contribution in [1.29, 1.82) is 0 Å². The number of anilines is 1. The number of hydrogen-bond donors (Lipinski definition) is 1. The lowest BCUT2D eigenvalue weighted by atomic mass is 10.0. The van der Waals surface area contributed by atoms with Gasteiger partial charge in [0, 0.05) is 18.1 Å². The Labute approximate surface area is 158 Å². The summed E-state index contributed by atoms with van der Waals surface area (Å²) in [5.74, 6) is 0.650. The van der Waals surface area contributed by atoms with Crippen molar-refractivity contribution < 1.29 is 4.79 Å². The minimum absolute atomic E-state index is 0.0255. The molecular formula is C21H23N3OS. The lowest BCUT2D eigenvalue weighted by Crippen LogP contribution is -2.16. The molecule has 0 unspecified atom stereocenters. The maximum absolute atomic E-state index is 12.4. The quantitative estimate of drug-likeness (QED) is 0.623. The number of amides is 1. The molecule has 0 radical (unpaired) electrons. The van der Waals surface area contributed by atoms with Gasteiger partial charge >= 0.3 is 0 Å². The van der Waals surface area contributed by atoms with Crippen molar-refractivity contribution in [3.8, 4) is 5.69 Å². The van der Waals surface area contributed by atoms with E-state index in [-0.39, 0.29) is 5.91 Å². The Morgan fingerprint density at radius 1 is 1.15 bits per heavy atom. The van der Waals surface area contributed by atoms with Gasteiger partial charge in [0.2, 0.25) is 5.91 Å². The zero-order chi connectivity index (χ0) is 18.5. The summed E-state index contributed by atoms with van der Waals surface area (Å²) in [5, 5.41) is 3.84. The number of aryl methyl sites for hydroxylation is 1. The Bertz CT molecular complexity index is 902. The number of para-hydroxylation sites is 2. The Morgan fingerprint density at radius 3 is 2.65 bits per heavy atom. The Hall–Kier alpha value is -2.53. The first-order valence-corrected chi connectivity index (χ1v) is 9.65. The normalized spacial score (nSPS) is 10.9. The number of thioether (sulfide) groups is 1. The van der Waals surface area contributed by atoms with Crippen LogP contribution in [0.2, 0.25) is 0 Å². The van der Waals surface area contributed by atoms with Gasteiger partial charge < -0.3 is 5.32 Å². The summed E-state index contributed by atoms with van der Waals surface area (Å²) in [6.45, 7) is 6.32. The molecule has 0 aliphatic carbocycles. The van der Waals surface area contributed by atoms with Crippen molar-refractivity contribution in [2.24, 2.45) is 0 Å². The number of carbonyl (C=O) groups is 1. The molecule has 1 aromatic heterocycles. The molecule has 1 heterocycles. The third-order valence-corrected chi connectivity index (χ3v) is 5.14. The maximum Gasteiger partial charge on any atom is 0.234 e. The molecule has 0 spiro atoms. The minimum atomic E-state index is -0.0255. The van der Waals surface area contributed by atoms with Gasteiger partial charge in [-0.3, -0.25) is 9.36 Å². The molecule has 1 amide bonds. The molecule has 0 aliphatic heterocycles. The van der Waals surface area contributed by atoms with E-state index in [1.54, 1.807) is 6.20 Å². The van der Waals surface area contributed by atoms with Crippen LogP contribution >= 0.6 is 11.8 Å². The van der Waals surface area contributed by atoms with Crippen LogP contribution in [0.3, 0.4) is 0 Å². The molecule has 3 aromatic rings. The molecule has 26 heavy (non-hydrogen) atoms. The largest absolute Gasteiger partial charge is 0.325 e. The van der Waals surface area contributed by atoms with Gasteiger partial charge in [-0.1, -0.05) is 62.0 Å². The van der Waals surface area contributed by atoms with E-state index in [9.17, 15) is 4.79 Å². The van der Waals surface area contributed by atoms with Crippen molar-refractivity contribution in [3.05, 3.63) is 72.1 Å². The zero-order valence-electron chi connectivity index (χ0n) is 15.3. The predicted molar refractivity (Wildman–Crippen MR) is 108 cm³/mol. The van der Waals surface area contributed by atoms with E-state index in [1.165, 1.54) is 17.3 Å². The van der Waals surface area contributed by atoms with Gasteiger partial charge in [-0.05, 0) is 36.1 Å². The molecule has 0 bridgehead atoms. The number of rotatable bonds is 6. The van der Waals surface area contributed by atoms with Gasteiger partial charge in [0.15, 0.2) is 5.16 Å². The van der Waals surface area contributed by atoms with Crippen LogP contribution in [0.5, 0.6) is 0 Å². The first-order chi connectivity index (χ1) is 12.6. The van der Waals surface area contributed by atoms with E-state index < -0.39 is 0 Å². The number of hydrogen-bond acceptors (Lipinski definition) is 3. The van der Waals surface area contributed by atoms with Crippen molar-refractivity contribution in [2.45, 2.75) is 31.8 Å². The fraction of sp³-hybridized carbons (Fsp3) is 0.238. The van der Waals surface area contributed by atoms with E-state index in [2.05, 4.69) is 49.3 Å². The molecule has 4 nitrogen and oxygen atoms in total. The lowest BCUT2D eigenvalue weighted by molar-refractivity contribution is -0.113. The highest BCUT2D eigenvalue weighted by Crippen LogP contribution is 2.25. The van der Waals surface area contributed by atoms with E-state index in [0.29, 0.717) is 11.7 Å². The first-order valence-electron chi connectivity index (χ1n) is 8.67. The summed E-state index contributed by atoms with van der Waals surface area (Å²) in [4.78, 5) is 16.8. The van der Waals surface area contributed by atoms with Crippen LogP contribution in [0.15, 0.2) is 66.1 Å². The summed E-state index contributed by atoms with van der Waals surface area (Å²) >= 11 is 1.44. The topological polar surface area (TPSA) is 46.9 Å². The highest BCUT2D eigenvalue weighted by atomic mass is 32.2. The number of carbonyl (C=O) groups excluding carboxylic acids is 1. The van der Waals surface area contributed by atoms with Gasteiger partial charge in [-0.25, -0.2) is 4.98 Å². The SMILES string of the molecule is Cc1ccccc1-n1ccnc1SCC(=O)Nc1ccccc1C(C)C. The summed E-state index contributed by atoms with van der Waals surface area (Å²) < 4.78 is 2.02. The van der Waals surface area contributed by atoms with Gasteiger partial charge in [-0.2, -0.15) is 0 Å². The van der Waals surface area contributed by atoms with Crippen LogP contribution in [0.25, 0.3) is 5.69 Å². The van der Waals surface area contributed by atoms with E-state index in [0.717, 1.165) is 22.1 Å². The molecule has 0 saturated carbocycles. The van der Waals surface area contributed by atoms with Gasteiger partial charge in [0.25, 0.3) is 0 Å². The van der Waals surface area contributed by atoms with E-state index in [4.69, 9.17) is 0 Å². The highest BCUT2D eigenvalue weighted by Gasteiger charge is 2.12. The molecule has 2 aromatic carbocycles. The Balaban J connectivity index is 1.69. The van der Waals surface area contributed by atoms with Crippen molar-refractivity contribution in [1.82, 2.24) is 9.55 Å². The third kappa shape index (κ3) is 4.17. The number of imidazole rings is 1. The fourth-order valence-corrected chi connectivity index (χ4v) is 3.61. The minimum Gasteiger partial charge on any atom is -0.325 e. The van der Waals surface area contributed by atoms with Crippen LogP contribution < -0.4 is 5.32 Å². The number of benzene rings is 2. The second-order valence-electron chi connectivity index (χ2n) is 6.45. The standard InChI is InChI=1S/C21H23N3OS/c1-15(2)17-9-5-6-10-18(17)23-20(25)14-26-21-22-12-13-24(21)19-11-7-4-8-16(19)3/h4-13,15H,14H2,1-3H3,(H,23,25). The molecule has 0 fully saturated rings. The van der Waals surface area contributed by atoms with Crippen LogP contribution in [0.4, 0.5) is 5.69 Å². The molecule has 0 aliphatic rings. The zero-order valence-corrected chi connectivity index (χ0v) is 16.1. The highest BCUT2D eigenvalue weighted by molar-refractivity contribution is 7.99. The van der Waals surface area contributed by atoms with Crippen LogP contribution in [0, 0.1) is 6.92 Å². The molecule has 1 N–H and O–H groups in total. The third-order valence-electron chi connectivity index (χ3n) is 4.17. The maximum atomic E-state index is 12.4. The predicted octanol–water partition coefficient (Wildman–Crippen LogP) is 5.03. The Kier molecular flexibility index (Phi) is 5.78. The molecule has 5 heteroatoms. The van der Waals surface area contributed by atoms with Crippen molar-refractivity contribution in [2.75, 3.05) is 11.1 Å². The molecular weight excluding hydrogens is 342 g/mol. The van der Waals surface area contributed by atoms with Crippen LogP contribution in [-0.4, -0.2) is 21.2 Å². The molecule has 0 atom stereocenters. The summed E-state index contributed by atoms with van der Waals surface area (Å²) in [6.07, 6.45) is 3.69. The van der Waals surface area contributed by atoms with Crippen LogP contribution in [-0.2, 0) is 4.79 Å². The monoisotopic (exact) mass is 365 g/mol. The average Bonchev–Trinajstić information content (AvgIpc) is 3.09. The summed E-state index contributed by atoms with van der Waals surface area (Å²) in [6, 6.07) is 16.1. The first kappa shape index (κ1) is 18.3. The number of aromatic nitrogens is 2. The number of nitrogens with one attached hydrogen (secondary N) is 1. The van der Waals surface area contributed by atoms with Gasteiger partial charge in [0.05, 0.1) is 11.4 Å². The second-order valence-corrected chi connectivity index (χ2v) is 7.39. The summed E-state index contributed by atoms with van der Waals surface area (Å²) in [7, 11) is 0. The van der Waals surface area contributed by atoms with Gasteiger partial charge in [0.1, 0.15) is 0 Å². The van der Waals surface area contributed by atoms with Crippen LogP contribution in [0.1, 0.15) is 30.9 Å². The lowest BCUT2D eigenvalue weighted by Gasteiger charge is -2.14. The van der Waals surface area contributed by atoms with Crippen molar-refractivity contribution in [3.63, 3.8) is 0 Å². The second kappa shape index (κ2) is 8.23. The van der Waals surface area contributed by atoms with Crippen molar-refractivity contribution >= 4 is 23.4 Å². The Morgan fingerprint density at radius 2 is 1.88 bits per heavy atom. The van der Waals surface area contributed by atoms with E-state index in [1.807, 2.05) is 41.1 Å². The van der Waals surface area contributed by atoms with Gasteiger partial charge in [-0.15, -0.1) is 0 Å². The fourth-order valence-electron chi connectivity index (χ4n) is 2.84. The molecule has 3 rings (SSSR count). The molecule has 0 saturated heterocycles. The average molecular weight is 366 g/mol. The summed E-state index contributed by atoms with van der Waals surface area (Å²) in [5.41, 5.74) is 4.28. The van der Waals surface area contributed by atoms with E-state index >= 15 is 0 Å².